The van der Waals surface area contributed by atoms with Gasteiger partial charge in [-0.25, -0.2) is 0 Å². The van der Waals surface area contributed by atoms with Crippen LogP contribution in [-0.4, -0.2) is 11.1 Å². The summed E-state index contributed by atoms with van der Waals surface area (Å²) in [5, 5.41) is 3.65. The fourth-order valence-corrected chi connectivity index (χ4v) is 2.83. The number of rotatable bonds is 6. The molecule has 2 nitrogen and oxygen atoms in total. The number of nitrogens with zero attached hydrogens (tertiary/aromatic N) is 1. The zero-order chi connectivity index (χ0) is 12.5. The molecule has 96 valence electrons. The standard InChI is InChI=1S/C15H26N2/c1-5-15(7-8-15)11-16-10-14-9-12(3)17(6-2)13(14)4/h9,16H,5-8,10-11H2,1-4H3. The Hall–Kier alpha value is -0.760. The van der Waals surface area contributed by atoms with Gasteiger partial charge in [0.2, 0.25) is 0 Å². The van der Waals surface area contributed by atoms with Gasteiger partial charge >= 0.3 is 0 Å². The van der Waals surface area contributed by atoms with Crippen LogP contribution in [-0.2, 0) is 13.1 Å². The maximum absolute atomic E-state index is 3.65. The van der Waals surface area contributed by atoms with E-state index in [0.29, 0.717) is 5.41 Å². The molecule has 0 saturated heterocycles. The van der Waals surface area contributed by atoms with Crippen molar-refractivity contribution in [1.82, 2.24) is 9.88 Å². The minimum Gasteiger partial charge on any atom is -0.349 e. The summed E-state index contributed by atoms with van der Waals surface area (Å²) in [4.78, 5) is 0. The van der Waals surface area contributed by atoms with E-state index < -0.39 is 0 Å². The van der Waals surface area contributed by atoms with Gasteiger partial charge in [-0.3, -0.25) is 0 Å². The molecule has 1 aliphatic rings. The highest BCUT2D eigenvalue weighted by Gasteiger charge is 2.39. The van der Waals surface area contributed by atoms with Crippen molar-refractivity contribution < 1.29 is 0 Å². The second kappa shape index (κ2) is 4.85. The van der Waals surface area contributed by atoms with E-state index >= 15 is 0 Å². The second-order valence-corrected chi connectivity index (χ2v) is 5.60. The van der Waals surface area contributed by atoms with Gasteiger partial charge in [-0.1, -0.05) is 6.92 Å². The van der Waals surface area contributed by atoms with E-state index in [2.05, 4.69) is 43.6 Å². The lowest BCUT2D eigenvalue weighted by Crippen LogP contribution is -2.23. The van der Waals surface area contributed by atoms with Crippen LogP contribution < -0.4 is 5.32 Å². The Morgan fingerprint density at radius 2 is 2.00 bits per heavy atom. The van der Waals surface area contributed by atoms with Gasteiger partial charge in [0, 0.05) is 31.0 Å². The van der Waals surface area contributed by atoms with Crippen LogP contribution in [0.4, 0.5) is 0 Å². The Labute approximate surface area is 105 Å². The molecule has 2 heteroatoms. The largest absolute Gasteiger partial charge is 0.349 e. The highest BCUT2D eigenvalue weighted by Crippen LogP contribution is 2.47. The number of aryl methyl sites for hydroxylation is 1. The normalized spacial score (nSPS) is 17.4. The van der Waals surface area contributed by atoms with Crippen molar-refractivity contribution in [2.24, 2.45) is 5.41 Å². The summed E-state index contributed by atoms with van der Waals surface area (Å²) >= 11 is 0. The van der Waals surface area contributed by atoms with Crippen molar-refractivity contribution in [2.45, 2.75) is 60.0 Å². The average molecular weight is 234 g/mol. The average Bonchev–Trinajstić information content (AvgIpc) is 3.03. The first-order valence-electron chi connectivity index (χ1n) is 6.98. The summed E-state index contributed by atoms with van der Waals surface area (Å²) in [6.07, 6.45) is 4.17. The predicted molar refractivity (Wildman–Crippen MR) is 73.2 cm³/mol. The van der Waals surface area contributed by atoms with E-state index in [9.17, 15) is 0 Å². The minimum absolute atomic E-state index is 0.649. The Balaban J connectivity index is 1.91. The summed E-state index contributed by atoms with van der Waals surface area (Å²) < 4.78 is 2.39. The van der Waals surface area contributed by atoms with Gasteiger partial charge in [-0.05, 0) is 57.1 Å². The molecule has 0 radical (unpaired) electrons. The van der Waals surface area contributed by atoms with Gasteiger partial charge in [0.1, 0.15) is 0 Å². The maximum atomic E-state index is 3.65. The van der Waals surface area contributed by atoms with Gasteiger partial charge in [0.25, 0.3) is 0 Å². The van der Waals surface area contributed by atoms with Gasteiger partial charge in [0.05, 0.1) is 0 Å². The van der Waals surface area contributed by atoms with E-state index in [1.54, 1.807) is 0 Å². The number of aromatic nitrogens is 1. The molecular formula is C15H26N2. The van der Waals surface area contributed by atoms with Gasteiger partial charge in [-0.2, -0.15) is 0 Å². The van der Waals surface area contributed by atoms with Crippen molar-refractivity contribution in [2.75, 3.05) is 6.54 Å². The van der Waals surface area contributed by atoms with E-state index in [-0.39, 0.29) is 0 Å². The summed E-state index contributed by atoms with van der Waals surface area (Å²) in [6.45, 7) is 12.3. The summed E-state index contributed by atoms with van der Waals surface area (Å²) in [7, 11) is 0. The molecule has 0 aliphatic heterocycles. The summed E-state index contributed by atoms with van der Waals surface area (Å²) in [5.41, 5.74) is 4.93. The molecule has 1 fully saturated rings. The first kappa shape index (κ1) is 12.7. The topological polar surface area (TPSA) is 17.0 Å². The first-order valence-corrected chi connectivity index (χ1v) is 6.98. The van der Waals surface area contributed by atoms with Crippen molar-refractivity contribution >= 4 is 0 Å². The summed E-state index contributed by atoms with van der Waals surface area (Å²) in [5.74, 6) is 0. The van der Waals surface area contributed by atoms with E-state index in [4.69, 9.17) is 0 Å². The van der Waals surface area contributed by atoms with Crippen LogP contribution in [0.25, 0.3) is 0 Å². The van der Waals surface area contributed by atoms with E-state index in [1.807, 2.05) is 0 Å². The summed E-state index contributed by atoms with van der Waals surface area (Å²) in [6, 6.07) is 2.33. The molecule has 1 aromatic rings. The number of hydrogen-bond donors (Lipinski definition) is 1. The third-order valence-electron chi connectivity index (χ3n) is 4.52. The molecule has 1 aromatic heterocycles. The van der Waals surface area contributed by atoms with Crippen molar-refractivity contribution in [3.8, 4) is 0 Å². The fraction of sp³-hybridized carbons (Fsp3) is 0.733. The maximum Gasteiger partial charge on any atom is 0.0223 e. The Bertz CT molecular complexity index is 386. The van der Waals surface area contributed by atoms with Crippen LogP contribution >= 0.6 is 0 Å². The molecule has 1 aliphatic carbocycles. The zero-order valence-electron chi connectivity index (χ0n) is 11.8. The molecule has 0 atom stereocenters. The highest BCUT2D eigenvalue weighted by molar-refractivity contribution is 5.26. The SMILES string of the molecule is CCn1c(C)cc(CNCC2(CC)CC2)c1C. The van der Waals surface area contributed by atoms with Gasteiger partial charge in [-0.15, -0.1) is 0 Å². The van der Waals surface area contributed by atoms with Crippen molar-refractivity contribution in [1.29, 1.82) is 0 Å². The number of hydrogen-bond acceptors (Lipinski definition) is 1. The highest BCUT2D eigenvalue weighted by atomic mass is 15.0. The molecule has 0 amide bonds. The molecule has 0 bridgehead atoms. The lowest BCUT2D eigenvalue weighted by atomic mass is 10.0. The van der Waals surface area contributed by atoms with Gasteiger partial charge < -0.3 is 9.88 Å². The van der Waals surface area contributed by atoms with E-state index in [1.165, 1.54) is 42.8 Å². The molecule has 0 aromatic carbocycles. The van der Waals surface area contributed by atoms with Gasteiger partial charge in [0.15, 0.2) is 0 Å². The lowest BCUT2D eigenvalue weighted by molar-refractivity contribution is 0.443. The second-order valence-electron chi connectivity index (χ2n) is 5.60. The first-order chi connectivity index (χ1) is 8.12. The van der Waals surface area contributed by atoms with Crippen LogP contribution in [0, 0.1) is 19.3 Å². The molecule has 0 spiro atoms. The molecule has 1 saturated carbocycles. The monoisotopic (exact) mass is 234 g/mol. The Kier molecular flexibility index (Phi) is 3.62. The smallest absolute Gasteiger partial charge is 0.0223 e. The molecule has 0 unspecified atom stereocenters. The minimum atomic E-state index is 0.649. The van der Waals surface area contributed by atoms with Crippen molar-refractivity contribution in [3.05, 3.63) is 23.0 Å². The van der Waals surface area contributed by atoms with Crippen LogP contribution in [0.1, 0.15) is 50.1 Å². The lowest BCUT2D eigenvalue weighted by Gasteiger charge is -2.13. The van der Waals surface area contributed by atoms with Crippen LogP contribution in [0.5, 0.6) is 0 Å². The zero-order valence-corrected chi connectivity index (χ0v) is 11.8. The molecule has 2 rings (SSSR count). The fourth-order valence-electron chi connectivity index (χ4n) is 2.83. The predicted octanol–water partition coefficient (Wildman–Crippen LogP) is 3.40. The molecular weight excluding hydrogens is 208 g/mol. The third-order valence-corrected chi connectivity index (χ3v) is 4.52. The van der Waals surface area contributed by atoms with Crippen molar-refractivity contribution in [3.63, 3.8) is 0 Å². The molecule has 1 heterocycles. The number of nitrogens with one attached hydrogen (secondary N) is 1. The van der Waals surface area contributed by atoms with Crippen LogP contribution in [0.15, 0.2) is 6.07 Å². The quantitative estimate of drug-likeness (QED) is 0.798. The Morgan fingerprint density at radius 1 is 1.29 bits per heavy atom. The molecule has 1 N–H and O–H groups in total. The van der Waals surface area contributed by atoms with Crippen LogP contribution in [0.3, 0.4) is 0 Å². The van der Waals surface area contributed by atoms with E-state index in [0.717, 1.165) is 13.1 Å². The Morgan fingerprint density at radius 3 is 2.47 bits per heavy atom. The van der Waals surface area contributed by atoms with Crippen LogP contribution in [0.2, 0.25) is 0 Å². The third kappa shape index (κ3) is 2.57. The molecule has 17 heavy (non-hydrogen) atoms.